The van der Waals surface area contributed by atoms with Crippen LogP contribution in [0.25, 0.3) is 6.08 Å². The summed E-state index contributed by atoms with van der Waals surface area (Å²) in [5.74, 6) is 1.45. The van der Waals surface area contributed by atoms with Crippen molar-refractivity contribution >= 4 is 35.2 Å². The van der Waals surface area contributed by atoms with Crippen molar-refractivity contribution < 1.29 is 23.7 Å². The van der Waals surface area contributed by atoms with E-state index in [4.69, 9.17) is 42.1 Å². The molecule has 0 fully saturated rings. The predicted molar refractivity (Wildman–Crippen MR) is 127 cm³/mol. The molecule has 0 saturated heterocycles. The van der Waals surface area contributed by atoms with Gasteiger partial charge >= 0.3 is 5.97 Å². The lowest BCUT2D eigenvalue weighted by Crippen LogP contribution is -2.00. The summed E-state index contributed by atoms with van der Waals surface area (Å²) in [6, 6.07) is 10.7. The third kappa shape index (κ3) is 6.21. The summed E-state index contributed by atoms with van der Waals surface area (Å²) in [6.45, 7) is 4.14. The summed E-state index contributed by atoms with van der Waals surface area (Å²) in [4.78, 5) is 11.7. The molecule has 0 amide bonds. The molecule has 1 aromatic heterocycles. The molecule has 2 aromatic carbocycles. The molecule has 0 spiro atoms. The van der Waals surface area contributed by atoms with Gasteiger partial charge in [0, 0.05) is 19.2 Å². The summed E-state index contributed by atoms with van der Waals surface area (Å²) in [7, 11) is 3.34. The highest BCUT2D eigenvalue weighted by Crippen LogP contribution is 2.39. The van der Waals surface area contributed by atoms with Crippen LogP contribution in [0.4, 0.5) is 0 Å². The zero-order chi connectivity index (χ0) is 24.0. The third-order valence-corrected chi connectivity index (χ3v) is 5.22. The maximum absolute atomic E-state index is 11.7. The number of aryl methyl sites for hydroxylation is 2. The van der Waals surface area contributed by atoms with Gasteiger partial charge in [-0.2, -0.15) is 5.10 Å². The zero-order valence-corrected chi connectivity index (χ0v) is 20.2. The Kier molecular flexibility index (Phi) is 8.25. The van der Waals surface area contributed by atoms with Crippen molar-refractivity contribution in [2.24, 2.45) is 7.05 Å². The Morgan fingerprint density at radius 3 is 2.48 bits per heavy atom. The molecule has 0 aliphatic carbocycles. The number of nitrogens with zero attached hydrogens (tertiary/aromatic N) is 2. The van der Waals surface area contributed by atoms with E-state index in [9.17, 15) is 4.79 Å². The predicted octanol–water partition coefficient (Wildman–Crippen LogP) is 5.99. The smallest absolute Gasteiger partial charge is 0.330 e. The van der Waals surface area contributed by atoms with Crippen LogP contribution in [0.2, 0.25) is 10.0 Å². The van der Waals surface area contributed by atoms with Crippen molar-refractivity contribution in [1.82, 2.24) is 9.78 Å². The third-order valence-electron chi connectivity index (χ3n) is 4.63. The van der Waals surface area contributed by atoms with Gasteiger partial charge in [-0.1, -0.05) is 35.3 Å². The maximum atomic E-state index is 11.7. The topological polar surface area (TPSA) is 71.8 Å². The fourth-order valence-electron chi connectivity index (χ4n) is 2.99. The van der Waals surface area contributed by atoms with Crippen LogP contribution in [0.15, 0.2) is 42.5 Å². The monoisotopic (exact) mass is 490 g/mol. The number of hydrogen-bond acceptors (Lipinski definition) is 6. The number of ether oxygens (including phenoxy) is 4. The minimum absolute atomic E-state index is 0.290. The minimum atomic E-state index is -0.453. The lowest BCUT2D eigenvalue weighted by atomic mass is 10.2. The number of esters is 1. The van der Waals surface area contributed by atoms with E-state index < -0.39 is 5.97 Å². The fourth-order valence-corrected chi connectivity index (χ4v) is 3.47. The molecule has 174 valence electrons. The summed E-state index contributed by atoms with van der Waals surface area (Å²) < 4.78 is 23.6. The normalized spacial score (nSPS) is 11.0. The largest absolute Gasteiger partial charge is 0.497 e. The molecule has 0 radical (unpaired) electrons. The van der Waals surface area contributed by atoms with E-state index in [-0.39, 0.29) is 6.61 Å². The highest BCUT2D eigenvalue weighted by atomic mass is 35.5. The van der Waals surface area contributed by atoms with Crippen LogP contribution in [0.3, 0.4) is 0 Å². The second-order valence-corrected chi connectivity index (χ2v) is 7.78. The number of benzene rings is 2. The summed E-state index contributed by atoms with van der Waals surface area (Å²) in [5.41, 5.74) is 2.24. The van der Waals surface area contributed by atoms with E-state index in [2.05, 4.69) is 5.10 Å². The molecule has 0 atom stereocenters. The quantitative estimate of drug-likeness (QED) is 0.271. The van der Waals surface area contributed by atoms with Crippen LogP contribution in [0.5, 0.6) is 23.1 Å². The van der Waals surface area contributed by atoms with E-state index in [0.717, 1.165) is 11.3 Å². The van der Waals surface area contributed by atoms with Crippen molar-refractivity contribution in [3.8, 4) is 23.1 Å². The molecule has 0 unspecified atom stereocenters. The summed E-state index contributed by atoms with van der Waals surface area (Å²) in [6.07, 6.45) is 2.92. The van der Waals surface area contributed by atoms with E-state index >= 15 is 0 Å². The Hall–Kier alpha value is -3.16. The molecule has 0 saturated carbocycles. The van der Waals surface area contributed by atoms with Gasteiger partial charge in [0.25, 0.3) is 0 Å². The molecule has 0 aliphatic heterocycles. The van der Waals surface area contributed by atoms with Crippen molar-refractivity contribution in [2.45, 2.75) is 20.5 Å². The number of carbonyl (C=O) groups excluding carboxylic acids is 1. The minimum Gasteiger partial charge on any atom is -0.497 e. The van der Waals surface area contributed by atoms with Gasteiger partial charge in [-0.3, -0.25) is 0 Å². The molecular formula is C24H24Cl2N2O5. The highest BCUT2D eigenvalue weighted by Gasteiger charge is 2.17. The van der Waals surface area contributed by atoms with Gasteiger partial charge in [-0.05, 0) is 43.7 Å². The highest BCUT2D eigenvalue weighted by molar-refractivity contribution is 6.36. The Bertz CT molecular complexity index is 1160. The number of methoxy groups -OCH3 is 1. The Labute approximate surface area is 202 Å². The second kappa shape index (κ2) is 11.1. The van der Waals surface area contributed by atoms with Crippen LogP contribution in [0.1, 0.15) is 23.7 Å². The van der Waals surface area contributed by atoms with Crippen LogP contribution < -0.4 is 14.2 Å². The first kappa shape index (κ1) is 24.5. The van der Waals surface area contributed by atoms with Gasteiger partial charge < -0.3 is 18.9 Å². The second-order valence-electron chi connectivity index (χ2n) is 6.97. The lowest BCUT2D eigenvalue weighted by molar-refractivity contribution is -0.137. The number of carbonyl (C=O) groups is 1. The van der Waals surface area contributed by atoms with Crippen molar-refractivity contribution in [1.29, 1.82) is 0 Å². The molecule has 0 aliphatic rings. The molecular weight excluding hydrogens is 467 g/mol. The first-order valence-corrected chi connectivity index (χ1v) is 10.9. The van der Waals surface area contributed by atoms with Crippen LogP contribution >= 0.6 is 23.2 Å². The van der Waals surface area contributed by atoms with Gasteiger partial charge in [-0.15, -0.1) is 0 Å². The fraction of sp³-hybridized carbons (Fsp3) is 0.250. The number of hydrogen-bond donors (Lipinski definition) is 0. The van der Waals surface area contributed by atoms with Gasteiger partial charge in [-0.25, -0.2) is 9.48 Å². The van der Waals surface area contributed by atoms with E-state index in [1.54, 1.807) is 44.0 Å². The average Bonchev–Trinajstić information content (AvgIpc) is 3.05. The first-order chi connectivity index (χ1) is 15.8. The number of halogens is 2. The lowest BCUT2D eigenvalue weighted by Gasteiger charge is -2.13. The standard InChI is InChI=1S/C24H24Cl2N2O5/c1-5-31-23(29)11-10-18-15(2)27-28(3)24(18)33-22-13-21(19(25)12-20(22)26)32-14-16-6-8-17(30-4)9-7-16/h6-13H,5,14H2,1-4H3. The Balaban J connectivity index is 1.83. The van der Waals surface area contributed by atoms with Crippen molar-refractivity contribution in [3.63, 3.8) is 0 Å². The Morgan fingerprint density at radius 2 is 1.82 bits per heavy atom. The van der Waals surface area contributed by atoms with Crippen molar-refractivity contribution in [3.05, 3.63) is 69.3 Å². The van der Waals surface area contributed by atoms with Gasteiger partial charge in [0.1, 0.15) is 18.1 Å². The van der Waals surface area contributed by atoms with Crippen LogP contribution in [-0.4, -0.2) is 29.5 Å². The molecule has 0 N–H and O–H groups in total. The SMILES string of the molecule is CCOC(=O)C=Cc1c(C)nn(C)c1Oc1cc(OCc2ccc(OC)cc2)c(Cl)cc1Cl. The maximum Gasteiger partial charge on any atom is 0.330 e. The average molecular weight is 491 g/mol. The zero-order valence-electron chi connectivity index (χ0n) is 18.7. The number of aromatic nitrogens is 2. The number of rotatable bonds is 9. The molecule has 3 rings (SSSR count). The Morgan fingerprint density at radius 1 is 1.12 bits per heavy atom. The van der Waals surface area contributed by atoms with E-state index in [1.807, 2.05) is 31.2 Å². The van der Waals surface area contributed by atoms with Crippen molar-refractivity contribution in [2.75, 3.05) is 13.7 Å². The van der Waals surface area contributed by atoms with Crippen LogP contribution in [0, 0.1) is 6.92 Å². The van der Waals surface area contributed by atoms with Gasteiger partial charge in [0.05, 0.1) is 35.0 Å². The molecule has 9 heteroatoms. The first-order valence-electron chi connectivity index (χ1n) is 10.1. The van der Waals surface area contributed by atoms with Crippen LogP contribution in [-0.2, 0) is 23.2 Å². The molecule has 3 aromatic rings. The molecule has 7 nitrogen and oxygen atoms in total. The molecule has 0 bridgehead atoms. The van der Waals surface area contributed by atoms with E-state index in [1.165, 1.54) is 6.08 Å². The summed E-state index contributed by atoms with van der Waals surface area (Å²) in [5, 5.41) is 5.02. The molecule has 1 heterocycles. The molecule has 33 heavy (non-hydrogen) atoms. The van der Waals surface area contributed by atoms with Gasteiger partial charge in [0.2, 0.25) is 5.88 Å². The summed E-state index contributed by atoms with van der Waals surface area (Å²) >= 11 is 12.7. The van der Waals surface area contributed by atoms with E-state index in [0.29, 0.717) is 45.3 Å². The van der Waals surface area contributed by atoms with Gasteiger partial charge in [0.15, 0.2) is 5.75 Å².